The Balaban J connectivity index is 1.97. The van der Waals surface area contributed by atoms with Gasteiger partial charge in [0.25, 0.3) is 0 Å². The molecule has 1 unspecified atom stereocenters. The lowest BCUT2D eigenvalue weighted by atomic mass is 9.99. The second-order valence-corrected chi connectivity index (χ2v) is 5.65. The quantitative estimate of drug-likeness (QED) is 0.874. The molecule has 1 aromatic heterocycles. The molecule has 4 heteroatoms. The van der Waals surface area contributed by atoms with Crippen molar-refractivity contribution in [3.8, 4) is 0 Å². The predicted molar refractivity (Wildman–Crippen MR) is 70.2 cm³/mol. The van der Waals surface area contributed by atoms with Crippen molar-refractivity contribution >= 4 is 16.5 Å². The maximum Gasteiger partial charge on any atom is 0.185 e. The molecule has 1 aromatic rings. The van der Waals surface area contributed by atoms with Crippen molar-refractivity contribution in [2.45, 2.75) is 32.7 Å². The summed E-state index contributed by atoms with van der Waals surface area (Å²) >= 11 is 1.74. The van der Waals surface area contributed by atoms with E-state index in [4.69, 9.17) is 0 Å². The van der Waals surface area contributed by atoms with Gasteiger partial charge in [0.2, 0.25) is 0 Å². The Morgan fingerprint density at radius 1 is 1.62 bits per heavy atom. The van der Waals surface area contributed by atoms with Crippen LogP contribution in [-0.2, 0) is 0 Å². The molecule has 0 spiro atoms. The Morgan fingerprint density at radius 3 is 3.06 bits per heavy atom. The number of rotatable bonds is 4. The molecule has 0 saturated carbocycles. The van der Waals surface area contributed by atoms with E-state index in [9.17, 15) is 0 Å². The van der Waals surface area contributed by atoms with E-state index in [-0.39, 0.29) is 0 Å². The zero-order valence-electron chi connectivity index (χ0n) is 10.1. The van der Waals surface area contributed by atoms with Gasteiger partial charge in [0.15, 0.2) is 5.13 Å². The molecule has 1 aliphatic rings. The molecule has 16 heavy (non-hydrogen) atoms. The average Bonchev–Trinajstić information content (AvgIpc) is 2.80. The highest BCUT2D eigenvalue weighted by Crippen LogP contribution is 2.23. The van der Waals surface area contributed by atoms with Gasteiger partial charge in [-0.1, -0.05) is 0 Å². The first-order valence-corrected chi connectivity index (χ1v) is 7.02. The van der Waals surface area contributed by atoms with Crippen molar-refractivity contribution in [2.24, 2.45) is 5.92 Å². The largest absolute Gasteiger partial charge is 0.345 e. The lowest BCUT2D eigenvalue weighted by Gasteiger charge is -2.32. The third kappa shape index (κ3) is 2.95. The van der Waals surface area contributed by atoms with Gasteiger partial charge in [-0.05, 0) is 45.7 Å². The van der Waals surface area contributed by atoms with Gasteiger partial charge in [-0.25, -0.2) is 4.98 Å². The van der Waals surface area contributed by atoms with Crippen molar-refractivity contribution < 1.29 is 0 Å². The Kier molecular flexibility index (Phi) is 4.18. The summed E-state index contributed by atoms with van der Waals surface area (Å²) < 4.78 is 0. The minimum absolute atomic E-state index is 0.535. The van der Waals surface area contributed by atoms with Crippen LogP contribution < -0.4 is 10.2 Å². The standard InChI is InChI=1S/C12H21N3S/c1-10(2)15(12-14-6-7-16-12)9-11-4-3-5-13-8-11/h6-7,10-11,13H,3-5,8-9H2,1-2H3. The molecule has 0 bridgehead atoms. The normalized spacial score (nSPS) is 21.3. The second-order valence-electron chi connectivity index (χ2n) is 4.77. The first kappa shape index (κ1) is 11.9. The van der Waals surface area contributed by atoms with Crippen LogP contribution in [0.25, 0.3) is 0 Å². The number of nitrogens with zero attached hydrogens (tertiary/aromatic N) is 2. The number of nitrogens with one attached hydrogen (secondary N) is 1. The first-order chi connectivity index (χ1) is 7.77. The van der Waals surface area contributed by atoms with E-state index in [1.165, 1.54) is 24.5 Å². The maximum atomic E-state index is 4.43. The molecule has 0 aromatic carbocycles. The van der Waals surface area contributed by atoms with Gasteiger partial charge in [-0.2, -0.15) is 0 Å². The molecule has 0 aliphatic carbocycles. The zero-order chi connectivity index (χ0) is 11.4. The summed E-state index contributed by atoms with van der Waals surface area (Å²) in [5.41, 5.74) is 0. The summed E-state index contributed by atoms with van der Waals surface area (Å²) in [4.78, 5) is 6.86. The number of hydrogen-bond donors (Lipinski definition) is 1. The topological polar surface area (TPSA) is 28.2 Å². The van der Waals surface area contributed by atoms with E-state index >= 15 is 0 Å². The van der Waals surface area contributed by atoms with Crippen molar-refractivity contribution in [1.29, 1.82) is 0 Å². The highest BCUT2D eigenvalue weighted by atomic mass is 32.1. The van der Waals surface area contributed by atoms with Crippen molar-refractivity contribution in [3.63, 3.8) is 0 Å². The number of anilines is 1. The molecule has 2 heterocycles. The fraction of sp³-hybridized carbons (Fsp3) is 0.750. The number of thiazole rings is 1. The summed E-state index contributed by atoms with van der Waals surface area (Å²) in [5, 5.41) is 6.71. The van der Waals surface area contributed by atoms with Crippen LogP contribution in [0.3, 0.4) is 0 Å². The van der Waals surface area contributed by atoms with Crippen molar-refractivity contribution in [3.05, 3.63) is 11.6 Å². The second kappa shape index (κ2) is 5.64. The van der Waals surface area contributed by atoms with E-state index in [0.717, 1.165) is 19.0 Å². The van der Waals surface area contributed by atoms with Crippen LogP contribution in [0.5, 0.6) is 0 Å². The molecule has 1 aliphatic heterocycles. The molecule has 0 radical (unpaired) electrons. The van der Waals surface area contributed by atoms with Crippen molar-refractivity contribution in [2.75, 3.05) is 24.5 Å². The molecule has 3 nitrogen and oxygen atoms in total. The SMILES string of the molecule is CC(C)N(CC1CCCNC1)c1nccs1. The summed E-state index contributed by atoms with van der Waals surface area (Å²) in [6.07, 6.45) is 4.56. The van der Waals surface area contributed by atoms with Crippen molar-refractivity contribution in [1.82, 2.24) is 10.3 Å². The molecule has 1 atom stereocenters. The van der Waals surface area contributed by atoms with Gasteiger partial charge >= 0.3 is 0 Å². The lowest BCUT2D eigenvalue weighted by Crippen LogP contribution is -2.41. The fourth-order valence-corrected chi connectivity index (χ4v) is 3.01. The van der Waals surface area contributed by atoms with Gasteiger partial charge < -0.3 is 10.2 Å². The Morgan fingerprint density at radius 2 is 2.50 bits per heavy atom. The molecule has 1 fully saturated rings. The van der Waals surface area contributed by atoms with Gasteiger partial charge in [0.05, 0.1) is 0 Å². The monoisotopic (exact) mass is 239 g/mol. The summed E-state index contributed by atoms with van der Waals surface area (Å²) in [6, 6.07) is 0.535. The first-order valence-electron chi connectivity index (χ1n) is 6.14. The van der Waals surface area contributed by atoms with Crippen LogP contribution in [0, 0.1) is 5.92 Å². The number of hydrogen-bond acceptors (Lipinski definition) is 4. The van der Waals surface area contributed by atoms with Gasteiger partial charge in [0, 0.05) is 24.2 Å². The minimum atomic E-state index is 0.535. The van der Waals surface area contributed by atoms with E-state index in [1.54, 1.807) is 11.3 Å². The summed E-state index contributed by atoms with van der Waals surface area (Å²) in [7, 11) is 0. The minimum Gasteiger partial charge on any atom is -0.345 e. The van der Waals surface area contributed by atoms with Crippen LogP contribution in [0.4, 0.5) is 5.13 Å². The molecule has 2 rings (SSSR count). The summed E-state index contributed by atoms with van der Waals surface area (Å²) in [6.45, 7) is 7.98. The van der Waals surface area contributed by atoms with Gasteiger partial charge in [-0.3, -0.25) is 0 Å². The molecular weight excluding hydrogens is 218 g/mol. The molecule has 90 valence electrons. The Hall–Kier alpha value is -0.610. The Labute approximate surface area is 102 Å². The average molecular weight is 239 g/mol. The molecule has 0 amide bonds. The third-order valence-corrected chi connectivity index (χ3v) is 3.95. The number of aromatic nitrogens is 1. The van der Waals surface area contributed by atoms with Crippen LogP contribution in [0.15, 0.2) is 11.6 Å². The smallest absolute Gasteiger partial charge is 0.185 e. The van der Waals surface area contributed by atoms with Crippen LogP contribution >= 0.6 is 11.3 Å². The van der Waals surface area contributed by atoms with Crippen LogP contribution in [-0.4, -0.2) is 30.7 Å². The summed E-state index contributed by atoms with van der Waals surface area (Å²) in [5.74, 6) is 0.778. The van der Waals surface area contributed by atoms with E-state index in [0.29, 0.717) is 6.04 Å². The lowest BCUT2D eigenvalue weighted by molar-refractivity contribution is 0.371. The highest BCUT2D eigenvalue weighted by molar-refractivity contribution is 7.13. The molecular formula is C12H21N3S. The van der Waals surface area contributed by atoms with Gasteiger partial charge in [0.1, 0.15) is 0 Å². The Bertz CT molecular complexity index is 291. The molecule has 1 saturated heterocycles. The fourth-order valence-electron chi connectivity index (χ4n) is 2.23. The van der Waals surface area contributed by atoms with Crippen LogP contribution in [0.2, 0.25) is 0 Å². The predicted octanol–water partition coefficient (Wildman–Crippen LogP) is 2.36. The van der Waals surface area contributed by atoms with E-state index in [2.05, 4.69) is 34.4 Å². The number of piperidine rings is 1. The molecule has 1 N–H and O–H groups in total. The van der Waals surface area contributed by atoms with E-state index < -0.39 is 0 Å². The van der Waals surface area contributed by atoms with Gasteiger partial charge in [-0.15, -0.1) is 11.3 Å². The zero-order valence-corrected chi connectivity index (χ0v) is 11.0. The van der Waals surface area contributed by atoms with E-state index in [1.807, 2.05) is 6.20 Å². The van der Waals surface area contributed by atoms with Crippen LogP contribution in [0.1, 0.15) is 26.7 Å². The third-order valence-electron chi connectivity index (χ3n) is 3.14. The maximum absolute atomic E-state index is 4.43. The highest BCUT2D eigenvalue weighted by Gasteiger charge is 2.20.